The van der Waals surface area contributed by atoms with Gasteiger partial charge in [-0.25, -0.2) is 0 Å². The summed E-state index contributed by atoms with van der Waals surface area (Å²) in [5, 5.41) is 5.05. The number of halogens is 2. The van der Waals surface area contributed by atoms with Gasteiger partial charge in [-0.3, -0.25) is 0 Å². The molecule has 0 aromatic heterocycles. The molecule has 0 atom stereocenters. The Morgan fingerprint density at radius 3 is 1.70 bits per heavy atom. The average molecular weight is 364 g/mol. The first-order valence-electron chi connectivity index (χ1n) is 6.55. The van der Waals surface area contributed by atoms with Gasteiger partial charge in [0.2, 0.25) is 0 Å². The van der Waals surface area contributed by atoms with E-state index in [0.717, 1.165) is 6.43 Å². The third-order valence-corrected chi connectivity index (χ3v) is 10.3. The fourth-order valence-electron chi connectivity index (χ4n) is 3.56. The first-order valence-corrected chi connectivity index (χ1v) is 8.41. The Balaban J connectivity index is 0. The quantitative estimate of drug-likeness (QED) is 0.467. The summed E-state index contributed by atoms with van der Waals surface area (Å²) in [5.41, 5.74) is 3.11. The Labute approximate surface area is 152 Å². The third kappa shape index (κ3) is 3.09. The molecule has 0 aromatic carbocycles. The molecule has 0 unspecified atom stereocenters. The third-order valence-electron chi connectivity index (χ3n) is 4.69. The van der Waals surface area contributed by atoms with Crippen LogP contribution in [0, 0.1) is 0 Å². The maximum absolute atomic E-state index is 2.41. The summed E-state index contributed by atoms with van der Waals surface area (Å²) >= 11 is 0. The van der Waals surface area contributed by atoms with Crippen LogP contribution in [0.25, 0.3) is 0 Å². The first kappa shape index (κ1) is 23.0. The van der Waals surface area contributed by atoms with Gasteiger partial charge < -0.3 is 24.8 Å². The molecular formula is C15H23BCl2PTi+. The van der Waals surface area contributed by atoms with Gasteiger partial charge in [0, 0.05) is 6.42 Å². The Kier molecular flexibility index (Phi) is 9.67. The normalized spacial score (nSPS) is 19.2. The molecule has 0 aromatic rings. The van der Waals surface area contributed by atoms with E-state index in [9.17, 15) is 0 Å². The Morgan fingerprint density at radius 1 is 0.950 bits per heavy atom. The molecule has 108 valence electrons. The zero-order valence-electron chi connectivity index (χ0n) is 13.2. The van der Waals surface area contributed by atoms with Gasteiger partial charge in [-0.1, -0.05) is 12.2 Å². The largest absolute Gasteiger partial charge is 2.00 e. The Morgan fingerprint density at radius 2 is 1.40 bits per heavy atom. The average Bonchev–Trinajstić information content (AvgIpc) is 2.85. The van der Waals surface area contributed by atoms with Crippen LogP contribution < -0.4 is 24.8 Å². The van der Waals surface area contributed by atoms with E-state index in [0.29, 0.717) is 0 Å². The van der Waals surface area contributed by atoms with E-state index >= 15 is 0 Å². The van der Waals surface area contributed by atoms with Gasteiger partial charge in [-0.15, -0.1) is 0 Å². The summed E-state index contributed by atoms with van der Waals surface area (Å²) in [6.45, 7) is 14.2. The van der Waals surface area contributed by atoms with Gasteiger partial charge in [-0.2, -0.15) is 0 Å². The van der Waals surface area contributed by atoms with Gasteiger partial charge >= 0.3 is 28.2 Å². The molecule has 0 bridgehead atoms. The Bertz CT molecular complexity index is 466. The van der Waals surface area contributed by atoms with E-state index in [1.165, 1.54) is 6.42 Å². The SMILES string of the molecule is CB(C)[P+]1(C2=CC=CC2)C(C)=C(C)C(C)=C1C.[Cl-].[Cl-].[Ti+2]. The van der Waals surface area contributed by atoms with Crippen molar-refractivity contribution in [1.29, 1.82) is 0 Å². The van der Waals surface area contributed by atoms with Crippen molar-refractivity contribution < 1.29 is 46.5 Å². The first-order chi connectivity index (χ1) is 7.94. The van der Waals surface area contributed by atoms with Crippen molar-refractivity contribution in [2.24, 2.45) is 0 Å². The van der Waals surface area contributed by atoms with E-state index in [1.807, 2.05) is 0 Å². The molecule has 1 aliphatic heterocycles. The predicted octanol–water partition coefficient (Wildman–Crippen LogP) is -0.294. The molecule has 0 spiro atoms. The number of hydrogen-bond acceptors (Lipinski definition) is 0. The minimum absolute atomic E-state index is 0. The molecule has 0 fully saturated rings. The number of rotatable bonds is 2. The van der Waals surface area contributed by atoms with E-state index in [2.05, 4.69) is 59.6 Å². The maximum atomic E-state index is 2.41. The molecule has 0 saturated carbocycles. The second-order valence-corrected chi connectivity index (χ2v) is 9.92. The zero-order chi connectivity index (χ0) is 12.8. The molecule has 20 heavy (non-hydrogen) atoms. The number of allylic oxidation sites excluding steroid dienone is 8. The molecule has 0 nitrogen and oxygen atoms in total. The smallest absolute Gasteiger partial charge is 1.00 e. The van der Waals surface area contributed by atoms with Crippen LogP contribution in [0.2, 0.25) is 13.6 Å². The van der Waals surface area contributed by atoms with Gasteiger partial charge in [0.25, 0.3) is 0 Å². The van der Waals surface area contributed by atoms with E-state index < -0.39 is 7.14 Å². The molecule has 5 heteroatoms. The van der Waals surface area contributed by atoms with Crippen molar-refractivity contribution in [1.82, 2.24) is 0 Å². The van der Waals surface area contributed by atoms with Crippen LogP contribution >= 0.6 is 7.14 Å². The van der Waals surface area contributed by atoms with E-state index in [-0.39, 0.29) is 46.5 Å². The van der Waals surface area contributed by atoms with Crippen LogP contribution in [-0.4, -0.2) is 6.43 Å². The van der Waals surface area contributed by atoms with Gasteiger partial charge in [0.05, 0.1) is 23.1 Å². The summed E-state index contributed by atoms with van der Waals surface area (Å²) in [6.07, 6.45) is 8.83. The van der Waals surface area contributed by atoms with Gasteiger partial charge in [0.15, 0.2) is 0 Å². The van der Waals surface area contributed by atoms with Crippen LogP contribution in [0.4, 0.5) is 0 Å². The van der Waals surface area contributed by atoms with Crippen LogP contribution in [0.5, 0.6) is 0 Å². The van der Waals surface area contributed by atoms with Crippen molar-refractivity contribution in [2.45, 2.75) is 47.8 Å². The molecule has 0 radical (unpaired) electrons. The number of hydrogen-bond donors (Lipinski definition) is 0. The fourth-order valence-corrected chi connectivity index (χ4v) is 9.24. The summed E-state index contributed by atoms with van der Waals surface area (Å²) in [4.78, 5) is 0. The van der Waals surface area contributed by atoms with E-state index in [1.54, 1.807) is 27.1 Å². The second kappa shape index (κ2) is 8.40. The topological polar surface area (TPSA) is 0 Å². The minimum Gasteiger partial charge on any atom is -1.00 e. The molecule has 0 saturated heterocycles. The predicted molar refractivity (Wildman–Crippen MR) is 83.0 cm³/mol. The summed E-state index contributed by atoms with van der Waals surface area (Å²) in [7, 11) is -1.20. The van der Waals surface area contributed by atoms with Crippen LogP contribution in [0.15, 0.2) is 45.3 Å². The molecule has 0 N–H and O–H groups in total. The molecule has 0 amide bonds. The Hall–Kier alpha value is 0.749. The van der Waals surface area contributed by atoms with Crippen molar-refractivity contribution in [3.63, 3.8) is 0 Å². The van der Waals surface area contributed by atoms with Crippen LogP contribution in [0.3, 0.4) is 0 Å². The van der Waals surface area contributed by atoms with Crippen LogP contribution in [0.1, 0.15) is 34.1 Å². The monoisotopic (exact) mass is 363 g/mol. The van der Waals surface area contributed by atoms with Crippen molar-refractivity contribution in [3.05, 3.63) is 45.3 Å². The van der Waals surface area contributed by atoms with Gasteiger partial charge in [-0.05, 0) is 58.6 Å². The summed E-state index contributed by atoms with van der Waals surface area (Å²) in [5.74, 6) is 0. The van der Waals surface area contributed by atoms with Crippen molar-refractivity contribution in [3.8, 4) is 0 Å². The van der Waals surface area contributed by atoms with Gasteiger partial charge in [0.1, 0.15) is 0 Å². The molecule has 2 rings (SSSR count). The minimum atomic E-state index is -1.20. The molecule has 1 heterocycles. The summed E-state index contributed by atoms with van der Waals surface area (Å²) in [6, 6.07) is 0. The molecule has 1 aliphatic carbocycles. The molecular weight excluding hydrogens is 341 g/mol. The fraction of sp³-hybridized carbons (Fsp3) is 0.467. The van der Waals surface area contributed by atoms with Crippen LogP contribution in [-0.2, 0) is 21.7 Å². The maximum Gasteiger partial charge on any atom is 2.00 e. The standard InChI is InChI=1S/C15H23BP.2ClH.Ti/c1-11-12(2)14(4)17(13(11)3,16(5)6)15-9-7-8-10-15;;;/h7-9H,10H2,1-6H3;2*1H;/q+1;;;+2/p-2. The van der Waals surface area contributed by atoms with Crippen molar-refractivity contribution in [2.75, 3.05) is 0 Å². The van der Waals surface area contributed by atoms with Crippen molar-refractivity contribution >= 4 is 13.6 Å². The second-order valence-electron chi connectivity index (χ2n) is 5.53. The zero-order valence-corrected chi connectivity index (χ0v) is 17.2. The molecule has 2 aliphatic rings. The summed E-state index contributed by atoms with van der Waals surface area (Å²) < 4.78 is 0. The van der Waals surface area contributed by atoms with E-state index in [4.69, 9.17) is 0 Å².